The number of nitrogens with zero attached hydrogens (tertiary/aromatic N) is 1. The maximum Gasteiger partial charge on any atom is 0.325 e. The van der Waals surface area contributed by atoms with Gasteiger partial charge in [-0.3, -0.25) is 14.5 Å². The van der Waals surface area contributed by atoms with Crippen LogP contribution in [0.3, 0.4) is 0 Å². The van der Waals surface area contributed by atoms with Gasteiger partial charge < -0.3 is 10.6 Å². The van der Waals surface area contributed by atoms with Gasteiger partial charge in [0.25, 0.3) is 5.91 Å². The third-order valence-corrected chi connectivity index (χ3v) is 4.81. The molecule has 134 valence electrons. The van der Waals surface area contributed by atoms with E-state index in [9.17, 15) is 14.4 Å². The van der Waals surface area contributed by atoms with E-state index in [-0.39, 0.29) is 6.54 Å². The number of hydrogen-bond acceptors (Lipinski definition) is 3. The summed E-state index contributed by atoms with van der Waals surface area (Å²) in [6.07, 6.45) is 0. The Morgan fingerprint density at radius 3 is 2.46 bits per heavy atom. The summed E-state index contributed by atoms with van der Waals surface area (Å²) in [5.74, 6) is -0.857. The van der Waals surface area contributed by atoms with Crippen LogP contribution in [0.2, 0.25) is 0 Å². The standard InChI is InChI=1S/C20H21N3O3/c1-13-8-7-11-16(14(13)2)21-17(24)12-23-18(25)20(3,22-19(23)26)15-9-5-4-6-10-15/h4-11H,12H2,1-3H3,(H,21,24)(H,22,26). The highest BCUT2D eigenvalue weighted by molar-refractivity contribution is 6.10. The van der Waals surface area contributed by atoms with Crippen molar-refractivity contribution in [1.82, 2.24) is 10.2 Å². The second kappa shape index (κ2) is 6.63. The highest BCUT2D eigenvalue weighted by Crippen LogP contribution is 2.28. The van der Waals surface area contributed by atoms with Crippen molar-refractivity contribution in [2.45, 2.75) is 26.3 Å². The number of hydrogen-bond donors (Lipinski definition) is 2. The van der Waals surface area contributed by atoms with Gasteiger partial charge in [-0.1, -0.05) is 42.5 Å². The van der Waals surface area contributed by atoms with E-state index in [2.05, 4.69) is 10.6 Å². The van der Waals surface area contributed by atoms with Crippen LogP contribution >= 0.6 is 0 Å². The van der Waals surface area contributed by atoms with Gasteiger partial charge in [0, 0.05) is 5.69 Å². The molecule has 0 aliphatic carbocycles. The van der Waals surface area contributed by atoms with E-state index in [1.807, 2.05) is 32.0 Å². The summed E-state index contributed by atoms with van der Waals surface area (Å²) < 4.78 is 0. The number of carbonyl (C=O) groups is 3. The molecule has 0 aromatic heterocycles. The Labute approximate surface area is 152 Å². The fourth-order valence-electron chi connectivity index (χ4n) is 3.03. The molecule has 1 fully saturated rings. The molecule has 6 heteroatoms. The van der Waals surface area contributed by atoms with Crippen LogP contribution in [0.15, 0.2) is 48.5 Å². The number of rotatable bonds is 4. The van der Waals surface area contributed by atoms with Crippen molar-refractivity contribution in [2.24, 2.45) is 0 Å². The van der Waals surface area contributed by atoms with Crippen molar-refractivity contribution in [1.29, 1.82) is 0 Å². The molecule has 0 saturated carbocycles. The summed E-state index contributed by atoms with van der Waals surface area (Å²) in [5.41, 5.74) is 2.18. The van der Waals surface area contributed by atoms with E-state index in [0.717, 1.165) is 16.0 Å². The SMILES string of the molecule is Cc1cccc(NC(=O)CN2C(=O)NC(C)(c3ccccc3)C2=O)c1C. The van der Waals surface area contributed by atoms with Gasteiger partial charge in [0.2, 0.25) is 5.91 Å². The lowest BCUT2D eigenvalue weighted by Gasteiger charge is -2.22. The average Bonchev–Trinajstić information content (AvgIpc) is 2.84. The summed E-state index contributed by atoms with van der Waals surface area (Å²) in [6.45, 7) is 5.17. The van der Waals surface area contributed by atoms with Crippen molar-refractivity contribution >= 4 is 23.5 Å². The van der Waals surface area contributed by atoms with Gasteiger partial charge in [-0.15, -0.1) is 0 Å². The quantitative estimate of drug-likeness (QED) is 0.832. The minimum absolute atomic E-state index is 0.333. The lowest BCUT2D eigenvalue weighted by atomic mass is 9.92. The molecule has 0 radical (unpaired) electrons. The summed E-state index contributed by atoms with van der Waals surface area (Å²) in [5, 5.41) is 5.47. The number of amides is 4. The predicted molar refractivity (Wildman–Crippen MR) is 98.6 cm³/mol. The molecule has 1 atom stereocenters. The Hall–Kier alpha value is -3.15. The van der Waals surface area contributed by atoms with Gasteiger partial charge in [0.1, 0.15) is 12.1 Å². The van der Waals surface area contributed by atoms with E-state index in [1.54, 1.807) is 37.3 Å². The van der Waals surface area contributed by atoms with Crippen molar-refractivity contribution in [3.63, 3.8) is 0 Å². The molecule has 26 heavy (non-hydrogen) atoms. The van der Waals surface area contributed by atoms with Crippen LogP contribution in [-0.4, -0.2) is 29.3 Å². The Morgan fingerprint density at radius 2 is 1.77 bits per heavy atom. The minimum atomic E-state index is -1.17. The van der Waals surface area contributed by atoms with Crippen LogP contribution in [0, 0.1) is 13.8 Å². The molecule has 1 saturated heterocycles. The summed E-state index contributed by atoms with van der Waals surface area (Å²) in [6, 6.07) is 14.0. The molecule has 4 amide bonds. The van der Waals surface area contributed by atoms with Gasteiger partial charge >= 0.3 is 6.03 Å². The largest absolute Gasteiger partial charge is 0.325 e. The zero-order chi connectivity index (χ0) is 18.9. The molecule has 1 unspecified atom stereocenters. The van der Waals surface area contributed by atoms with Crippen LogP contribution in [0.1, 0.15) is 23.6 Å². The van der Waals surface area contributed by atoms with E-state index < -0.39 is 23.4 Å². The zero-order valence-corrected chi connectivity index (χ0v) is 15.0. The van der Waals surface area contributed by atoms with Crippen LogP contribution in [-0.2, 0) is 15.1 Å². The smallest absolute Gasteiger partial charge is 0.324 e. The maximum absolute atomic E-state index is 12.8. The number of imide groups is 1. The highest BCUT2D eigenvalue weighted by Gasteiger charge is 2.49. The molecule has 6 nitrogen and oxygen atoms in total. The van der Waals surface area contributed by atoms with Crippen LogP contribution in [0.5, 0.6) is 0 Å². The lowest BCUT2D eigenvalue weighted by Crippen LogP contribution is -2.42. The van der Waals surface area contributed by atoms with Crippen molar-refractivity contribution in [3.05, 3.63) is 65.2 Å². The summed E-state index contributed by atoms with van der Waals surface area (Å²) in [4.78, 5) is 38.4. The van der Waals surface area contributed by atoms with Gasteiger partial charge in [-0.05, 0) is 43.5 Å². The van der Waals surface area contributed by atoms with E-state index in [4.69, 9.17) is 0 Å². The molecule has 0 spiro atoms. The molecule has 1 aliphatic heterocycles. The monoisotopic (exact) mass is 351 g/mol. The molecule has 2 N–H and O–H groups in total. The van der Waals surface area contributed by atoms with Crippen molar-refractivity contribution < 1.29 is 14.4 Å². The van der Waals surface area contributed by atoms with Crippen molar-refractivity contribution in [2.75, 3.05) is 11.9 Å². The van der Waals surface area contributed by atoms with E-state index in [1.165, 1.54) is 0 Å². The van der Waals surface area contributed by atoms with Gasteiger partial charge in [0.05, 0.1) is 0 Å². The van der Waals surface area contributed by atoms with Gasteiger partial charge in [0.15, 0.2) is 0 Å². The number of benzene rings is 2. The number of urea groups is 1. The Morgan fingerprint density at radius 1 is 1.08 bits per heavy atom. The van der Waals surface area contributed by atoms with Gasteiger partial charge in [-0.25, -0.2) is 4.79 Å². The highest BCUT2D eigenvalue weighted by atomic mass is 16.2. The second-order valence-electron chi connectivity index (χ2n) is 6.61. The molecule has 1 aliphatic rings. The normalized spacial score (nSPS) is 19.4. The summed E-state index contributed by atoms with van der Waals surface area (Å²) >= 11 is 0. The number of nitrogens with one attached hydrogen (secondary N) is 2. The maximum atomic E-state index is 12.8. The van der Waals surface area contributed by atoms with E-state index >= 15 is 0 Å². The minimum Gasteiger partial charge on any atom is -0.324 e. The molecule has 0 bridgehead atoms. The Kier molecular flexibility index (Phi) is 4.50. The third-order valence-electron chi connectivity index (χ3n) is 4.81. The molecule has 3 rings (SSSR count). The van der Waals surface area contributed by atoms with Crippen LogP contribution in [0.25, 0.3) is 0 Å². The fourth-order valence-corrected chi connectivity index (χ4v) is 3.03. The first-order valence-electron chi connectivity index (χ1n) is 8.38. The number of carbonyl (C=O) groups excluding carboxylic acids is 3. The predicted octanol–water partition coefficient (Wildman–Crippen LogP) is 2.71. The Balaban J connectivity index is 1.76. The topological polar surface area (TPSA) is 78.5 Å². The average molecular weight is 351 g/mol. The van der Waals surface area contributed by atoms with Crippen LogP contribution < -0.4 is 10.6 Å². The third kappa shape index (κ3) is 3.06. The first-order chi connectivity index (χ1) is 12.3. The number of anilines is 1. The first-order valence-corrected chi connectivity index (χ1v) is 8.38. The van der Waals surface area contributed by atoms with Crippen LogP contribution in [0.4, 0.5) is 10.5 Å². The molecule has 1 heterocycles. The second-order valence-corrected chi connectivity index (χ2v) is 6.61. The fraction of sp³-hybridized carbons (Fsp3) is 0.250. The number of aryl methyl sites for hydroxylation is 1. The molecule has 2 aromatic rings. The van der Waals surface area contributed by atoms with E-state index in [0.29, 0.717) is 11.3 Å². The first kappa shape index (κ1) is 17.7. The molecule has 2 aromatic carbocycles. The zero-order valence-electron chi connectivity index (χ0n) is 15.0. The van der Waals surface area contributed by atoms with Crippen molar-refractivity contribution in [3.8, 4) is 0 Å². The van der Waals surface area contributed by atoms with Gasteiger partial charge in [-0.2, -0.15) is 0 Å². The lowest BCUT2D eigenvalue weighted by molar-refractivity contribution is -0.133. The Bertz CT molecular complexity index is 879. The molecular formula is C20H21N3O3. The summed E-state index contributed by atoms with van der Waals surface area (Å²) in [7, 11) is 0. The molecular weight excluding hydrogens is 330 g/mol.